The fourth-order valence-corrected chi connectivity index (χ4v) is 2.81. The second kappa shape index (κ2) is 7.17. The lowest BCUT2D eigenvalue weighted by Crippen LogP contribution is -2.30. The lowest BCUT2D eigenvalue weighted by atomic mass is 10.1. The maximum atomic E-state index is 5.06. The van der Waals surface area contributed by atoms with E-state index in [-0.39, 0.29) is 0 Å². The van der Waals surface area contributed by atoms with Crippen LogP contribution in [0.5, 0.6) is 0 Å². The molecule has 0 spiro atoms. The van der Waals surface area contributed by atoms with Crippen molar-refractivity contribution in [2.75, 3.05) is 19.5 Å². The minimum absolute atomic E-state index is 0.448. The highest BCUT2D eigenvalue weighted by Gasteiger charge is 2.19. The van der Waals surface area contributed by atoms with Crippen LogP contribution >= 0.6 is 11.8 Å². The first-order valence-corrected chi connectivity index (χ1v) is 7.06. The lowest BCUT2D eigenvalue weighted by Gasteiger charge is -2.13. The molecule has 16 heavy (non-hydrogen) atoms. The largest absolute Gasteiger partial charge is 0.385 e. The van der Waals surface area contributed by atoms with Gasteiger partial charge < -0.3 is 10.1 Å². The number of nitrogens with zero attached hydrogens (tertiary/aromatic N) is 1. The molecule has 1 aliphatic rings. The standard InChI is InChI=1S/C12H24N2OS/c1-9(2)7-11-8-16-12(14-11)13-10(3)5-6-15-4/h9-11H,5-8H2,1-4H3,(H,13,14). The third-order valence-electron chi connectivity index (χ3n) is 2.58. The summed E-state index contributed by atoms with van der Waals surface area (Å²) in [5, 5.41) is 4.57. The summed E-state index contributed by atoms with van der Waals surface area (Å²) in [6.45, 7) is 7.50. The zero-order valence-electron chi connectivity index (χ0n) is 10.8. The van der Waals surface area contributed by atoms with E-state index in [2.05, 4.69) is 26.1 Å². The van der Waals surface area contributed by atoms with Crippen molar-refractivity contribution in [1.29, 1.82) is 0 Å². The summed E-state index contributed by atoms with van der Waals surface area (Å²) in [5.41, 5.74) is 0. The summed E-state index contributed by atoms with van der Waals surface area (Å²) in [5.74, 6) is 1.87. The van der Waals surface area contributed by atoms with E-state index in [1.807, 2.05) is 11.8 Å². The van der Waals surface area contributed by atoms with E-state index in [4.69, 9.17) is 9.73 Å². The van der Waals surface area contributed by atoms with Crippen LogP contribution in [-0.2, 0) is 4.74 Å². The third-order valence-corrected chi connectivity index (χ3v) is 3.63. The van der Waals surface area contributed by atoms with Gasteiger partial charge in [-0.3, -0.25) is 4.99 Å². The number of nitrogens with one attached hydrogen (secondary N) is 1. The first-order valence-electron chi connectivity index (χ1n) is 6.08. The quantitative estimate of drug-likeness (QED) is 0.779. The molecular formula is C12H24N2OS. The summed E-state index contributed by atoms with van der Waals surface area (Å²) in [7, 11) is 1.74. The predicted molar refractivity (Wildman–Crippen MR) is 72.2 cm³/mol. The number of methoxy groups -OCH3 is 1. The van der Waals surface area contributed by atoms with Gasteiger partial charge in [-0.15, -0.1) is 0 Å². The first-order chi connectivity index (χ1) is 7.61. The van der Waals surface area contributed by atoms with Gasteiger partial charge in [0, 0.05) is 25.5 Å². The molecule has 94 valence electrons. The van der Waals surface area contributed by atoms with E-state index < -0.39 is 0 Å². The van der Waals surface area contributed by atoms with Crippen LogP contribution < -0.4 is 5.32 Å². The van der Waals surface area contributed by atoms with Crippen molar-refractivity contribution >= 4 is 16.9 Å². The predicted octanol–water partition coefficient (Wildman–Crippen LogP) is 2.52. The van der Waals surface area contributed by atoms with Gasteiger partial charge in [-0.2, -0.15) is 0 Å². The third kappa shape index (κ3) is 5.21. The molecule has 0 amide bonds. The average molecular weight is 244 g/mol. The van der Waals surface area contributed by atoms with Crippen molar-refractivity contribution < 1.29 is 4.74 Å². The normalized spacial score (nSPS) is 22.3. The molecule has 0 saturated carbocycles. The van der Waals surface area contributed by atoms with Gasteiger partial charge in [0.15, 0.2) is 5.17 Å². The van der Waals surface area contributed by atoms with Gasteiger partial charge in [0.1, 0.15) is 0 Å². The molecule has 1 aliphatic heterocycles. The molecule has 4 heteroatoms. The van der Waals surface area contributed by atoms with Gasteiger partial charge >= 0.3 is 0 Å². The Balaban J connectivity index is 2.27. The maximum absolute atomic E-state index is 5.06. The van der Waals surface area contributed by atoms with E-state index in [0.717, 1.165) is 29.9 Å². The van der Waals surface area contributed by atoms with Crippen molar-refractivity contribution in [2.45, 2.75) is 45.7 Å². The minimum Gasteiger partial charge on any atom is -0.385 e. The zero-order chi connectivity index (χ0) is 12.0. The highest BCUT2D eigenvalue weighted by molar-refractivity contribution is 8.14. The Labute approximate surface area is 103 Å². The lowest BCUT2D eigenvalue weighted by molar-refractivity contribution is 0.187. The number of amidine groups is 1. The van der Waals surface area contributed by atoms with E-state index in [1.165, 1.54) is 6.42 Å². The summed E-state index contributed by atoms with van der Waals surface area (Å²) in [4.78, 5) is 4.70. The molecule has 3 nitrogen and oxygen atoms in total. The van der Waals surface area contributed by atoms with Gasteiger partial charge in [-0.05, 0) is 25.7 Å². The van der Waals surface area contributed by atoms with Crippen molar-refractivity contribution in [3.05, 3.63) is 0 Å². The van der Waals surface area contributed by atoms with E-state index in [1.54, 1.807) is 7.11 Å². The fraction of sp³-hybridized carbons (Fsp3) is 0.917. The summed E-state index contributed by atoms with van der Waals surface area (Å²) >= 11 is 1.85. The molecule has 1 rings (SSSR count). The molecule has 0 bridgehead atoms. The Morgan fingerprint density at radius 1 is 1.50 bits per heavy atom. The van der Waals surface area contributed by atoms with Crippen LogP contribution in [0.4, 0.5) is 0 Å². The SMILES string of the molecule is COCCC(C)NC1=NC(CC(C)C)CS1. The minimum atomic E-state index is 0.448. The monoisotopic (exact) mass is 244 g/mol. The molecule has 0 aliphatic carbocycles. The number of aliphatic imine (C=N–C) groups is 1. The molecule has 1 heterocycles. The molecular weight excluding hydrogens is 220 g/mol. The topological polar surface area (TPSA) is 33.6 Å². The van der Waals surface area contributed by atoms with Gasteiger partial charge in [-0.1, -0.05) is 25.6 Å². The van der Waals surface area contributed by atoms with Crippen molar-refractivity contribution in [3.8, 4) is 0 Å². The smallest absolute Gasteiger partial charge is 0.157 e. The van der Waals surface area contributed by atoms with Gasteiger partial charge in [-0.25, -0.2) is 0 Å². The van der Waals surface area contributed by atoms with Gasteiger partial charge in [0.2, 0.25) is 0 Å². The van der Waals surface area contributed by atoms with Crippen molar-refractivity contribution in [1.82, 2.24) is 5.32 Å². The maximum Gasteiger partial charge on any atom is 0.157 e. The molecule has 0 radical (unpaired) electrons. The number of ether oxygens (including phenoxy) is 1. The fourth-order valence-electron chi connectivity index (χ4n) is 1.74. The molecule has 0 aromatic heterocycles. The van der Waals surface area contributed by atoms with Gasteiger partial charge in [0.25, 0.3) is 0 Å². The highest BCUT2D eigenvalue weighted by Crippen LogP contribution is 2.22. The van der Waals surface area contributed by atoms with Crippen molar-refractivity contribution in [2.24, 2.45) is 10.9 Å². The van der Waals surface area contributed by atoms with Crippen LogP contribution in [0.3, 0.4) is 0 Å². The van der Waals surface area contributed by atoms with E-state index in [9.17, 15) is 0 Å². The van der Waals surface area contributed by atoms with E-state index >= 15 is 0 Å². The second-order valence-electron chi connectivity index (χ2n) is 4.86. The van der Waals surface area contributed by atoms with Crippen molar-refractivity contribution in [3.63, 3.8) is 0 Å². The molecule has 0 fully saturated rings. The molecule has 2 unspecified atom stereocenters. The Morgan fingerprint density at radius 3 is 2.88 bits per heavy atom. The number of hydrogen-bond donors (Lipinski definition) is 1. The van der Waals surface area contributed by atoms with Crippen LogP contribution in [0.15, 0.2) is 4.99 Å². The Morgan fingerprint density at radius 2 is 2.25 bits per heavy atom. The number of hydrogen-bond acceptors (Lipinski definition) is 4. The summed E-state index contributed by atoms with van der Waals surface area (Å²) < 4.78 is 5.06. The van der Waals surface area contributed by atoms with Gasteiger partial charge in [0.05, 0.1) is 6.04 Å². The van der Waals surface area contributed by atoms with E-state index in [0.29, 0.717) is 12.1 Å². The van der Waals surface area contributed by atoms with Crippen LogP contribution in [0, 0.1) is 5.92 Å². The van der Waals surface area contributed by atoms with Crippen LogP contribution in [0.2, 0.25) is 0 Å². The number of rotatable bonds is 6. The molecule has 0 aromatic carbocycles. The van der Waals surface area contributed by atoms with Crippen LogP contribution in [0.1, 0.15) is 33.6 Å². The number of thioether (sulfide) groups is 1. The summed E-state index contributed by atoms with van der Waals surface area (Å²) in [6, 6.07) is 0.964. The molecule has 2 atom stereocenters. The Bertz CT molecular complexity index is 231. The zero-order valence-corrected chi connectivity index (χ0v) is 11.6. The Hall–Kier alpha value is -0.220. The van der Waals surface area contributed by atoms with Crippen LogP contribution in [0.25, 0.3) is 0 Å². The van der Waals surface area contributed by atoms with Crippen LogP contribution in [-0.4, -0.2) is 36.7 Å². The Kier molecular flexibility index (Phi) is 6.21. The molecule has 0 saturated heterocycles. The first kappa shape index (κ1) is 13.8. The second-order valence-corrected chi connectivity index (χ2v) is 5.86. The molecule has 0 aromatic rings. The molecule has 1 N–H and O–H groups in total. The summed E-state index contributed by atoms with van der Waals surface area (Å²) in [6.07, 6.45) is 2.23. The average Bonchev–Trinajstić information content (AvgIpc) is 2.61. The highest BCUT2D eigenvalue weighted by atomic mass is 32.2.